The second-order valence-corrected chi connectivity index (χ2v) is 4.43. The third-order valence-electron chi connectivity index (χ3n) is 3.07. The van der Waals surface area contributed by atoms with Crippen LogP contribution in [0.2, 0.25) is 0 Å². The molecule has 2 aromatic carbocycles. The number of amidine groups is 1. The fourth-order valence-electron chi connectivity index (χ4n) is 1.79. The number of nitrogens with one attached hydrogen (secondary N) is 1. The van der Waals surface area contributed by atoms with E-state index in [1.54, 1.807) is 25.1 Å². The first kappa shape index (κ1) is 14.5. The van der Waals surface area contributed by atoms with E-state index in [0.29, 0.717) is 22.4 Å². The Kier molecular flexibility index (Phi) is 4.18. The Hall–Kier alpha value is -2.89. The van der Waals surface area contributed by atoms with E-state index in [4.69, 9.17) is 10.9 Å². The Morgan fingerprint density at radius 2 is 1.81 bits per heavy atom. The number of rotatable bonds is 3. The van der Waals surface area contributed by atoms with Crippen LogP contribution in [0.5, 0.6) is 0 Å². The highest BCUT2D eigenvalue weighted by Crippen LogP contribution is 2.18. The zero-order valence-corrected chi connectivity index (χ0v) is 11.3. The number of anilines is 1. The molecule has 4 N–H and O–H groups in total. The van der Waals surface area contributed by atoms with Gasteiger partial charge in [-0.1, -0.05) is 23.4 Å². The Morgan fingerprint density at radius 1 is 1.19 bits per heavy atom. The Balaban J connectivity index is 2.19. The largest absolute Gasteiger partial charge is 0.409 e. The Morgan fingerprint density at radius 3 is 2.43 bits per heavy atom. The molecule has 0 saturated heterocycles. The molecule has 0 spiro atoms. The van der Waals surface area contributed by atoms with Crippen LogP contribution in [0.3, 0.4) is 0 Å². The zero-order chi connectivity index (χ0) is 15.4. The van der Waals surface area contributed by atoms with Crippen LogP contribution in [-0.4, -0.2) is 17.0 Å². The predicted molar refractivity (Wildman–Crippen MR) is 78.0 cm³/mol. The number of carbonyl (C=O) groups is 1. The van der Waals surface area contributed by atoms with Gasteiger partial charge >= 0.3 is 0 Å². The molecular weight excluding hydrogens is 273 g/mol. The number of hydrogen-bond acceptors (Lipinski definition) is 3. The summed E-state index contributed by atoms with van der Waals surface area (Å²) in [6.07, 6.45) is 0. The van der Waals surface area contributed by atoms with Crippen molar-refractivity contribution in [3.05, 3.63) is 65.0 Å². The molecule has 0 aliphatic carbocycles. The first-order valence-electron chi connectivity index (χ1n) is 6.17. The minimum Gasteiger partial charge on any atom is -0.409 e. The van der Waals surface area contributed by atoms with Crippen molar-refractivity contribution in [2.75, 3.05) is 5.32 Å². The molecular formula is C15H14FN3O2. The van der Waals surface area contributed by atoms with E-state index < -0.39 is 0 Å². The lowest BCUT2D eigenvalue weighted by molar-refractivity contribution is 0.102. The average Bonchev–Trinajstić information content (AvgIpc) is 2.51. The van der Waals surface area contributed by atoms with Crippen LogP contribution in [0.25, 0.3) is 0 Å². The van der Waals surface area contributed by atoms with Crippen molar-refractivity contribution >= 4 is 17.4 Å². The van der Waals surface area contributed by atoms with Crippen molar-refractivity contribution in [3.63, 3.8) is 0 Å². The highest BCUT2D eigenvalue weighted by molar-refractivity contribution is 6.05. The van der Waals surface area contributed by atoms with Gasteiger partial charge in [-0.25, -0.2) is 4.39 Å². The number of nitrogens with two attached hydrogens (primary N) is 1. The molecule has 2 rings (SSSR count). The second kappa shape index (κ2) is 6.04. The molecule has 2 aromatic rings. The van der Waals surface area contributed by atoms with Gasteiger partial charge in [-0.05, 0) is 31.2 Å². The molecule has 0 bridgehead atoms. The van der Waals surface area contributed by atoms with Gasteiger partial charge in [0.15, 0.2) is 5.84 Å². The summed E-state index contributed by atoms with van der Waals surface area (Å²) in [6.45, 7) is 1.59. The van der Waals surface area contributed by atoms with Gasteiger partial charge in [0, 0.05) is 22.4 Å². The number of hydrogen-bond donors (Lipinski definition) is 3. The van der Waals surface area contributed by atoms with Crippen LogP contribution >= 0.6 is 0 Å². The molecule has 21 heavy (non-hydrogen) atoms. The highest BCUT2D eigenvalue weighted by Gasteiger charge is 2.10. The lowest BCUT2D eigenvalue weighted by Crippen LogP contribution is -2.15. The third kappa shape index (κ3) is 3.17. The molecule has 0 aliphatic heterocycles. The van der Waals surface area contributed by atoms with Gasteiger partial charge in [0.25, 0.3) is 5.91 Å². The summed E-state index contributed by atoms with van der Waals surface area (Å²) in [6, 6.07) is 10.7. The molecule has 1 amide bonds. The molecule has 0 fully saturated rings. The van der Waals surface area contributed by atoms with Crippen LogP contribution in [0, 0.1) is 12.7 Å². The van der Waals surface area contributed by atoms with E-state index in [1.807, 2.05) is 0 Å². The maximum Gasteiger partial charge on any atom is 0.255 e. The van der Waals surface area contributed by atoms with Gasteiger partial charge in [-0.2, -0.15) is 0 Å². The minimum absolute atomic E-state index is 0.0390. The van der Waals surface area contributed by atoms with Crippen molar-refractivity contribution in [1.82, 2.24) is 0 Å². The quantitative estimate of drug-likeness (QED) is 0.351. The van der Waals surface area contributed by atoms with E-state index in [1.165, 1.54) is 24.3 Å². The lowest BCUT2D eigenvalue weighted by Gasteiger charge is -2.09. The van der Waals surface area contributed by atoms with Gasteiger partial charge in [-0.15, -0.1) is 0 Å². The van der Waals surface area contributed by atoms with E-state index in [9.17, 15) is 9.18 Å². The number of carbonyl (C=O) groups excluding carboxylic acids is 1. The fraction of sp³-hybridized carbons (Fsp3) is 0.0667. The monoisotopic (exact) mass is 287 g/mol. The number of benzene rings is 2. The second-order valence-electron chi connectivity index (χ2n) is 4.43. The summed E-state index contributed by atoms with van der Waals surface area (Å²) in [7, 11) is 0. The van der Waals surface area contributed by atoms with Crippen LogP contribution in [0.15, 0.2) is 47.6 Å². The normalized spacial score (nSPS) is 11.2. The van der Waals surface area contributed by atoms with Crippen molar-refractivity contribution < 1.29 is 14.4 Å². The molecule has 0 radical (unpaired) electrons. The highest BCUT2D eigenvalue weighted by atomic mass is 19.1. The molecule has 0 atom stereocenters. The first-order valence-corrected chi connectivity index (χ1v) is 6.17. The van der Waals surface area contributed by atoms with Crippen LogP contribution in [-0.2, 0) is 0 Å². The third-order valence-corrected chi connectivity index (χ3v) is 3.07. The van der Waals surface area contributed by atoms with Crippen molar-refractivity contribution in [2.24, 2.45) is 10.9 Å². The van der Waals surface area contributed by atoms with Crippen molar-refractivity contribution in [1.29, 1.82) is 0 Å². The van der Waals surface area contributed by atoms with Crippen LogP contribution in [0.4, 0.5) is 10.1 Å². The maximum absolute atomic E-state index is 13.4. The Bertz CT molecular complexity index is 697. The van der Waals surface area contributed by atoms with Gasteiger partial charge in [0.1, 0.15) is 5.82 Å². The summed E-state index contributed by atoms with van der Waals surface area (Å²) < 4.78 is 13.4. The van der Waals surface area contributed by atoms with E-state index in [0.717, 1.165) is 0 Å². The van der Waals surface area contributed by atoms with Crippen molar-refractivity contribution in [2.45, 2.75) is 6.92 Å². The molecule has 6 heteroatoms. The van der Waals surface area contributed by atoms with E-state index in [2.05, 4.69) is 10.5 Å². The topological polar surface area (TPSA) is 87.7 Å². The zero-order valence-electron chi connectivity index (χ0n) is 11.3. The molecule has 108 valence electrons. The van der Waals surface area contributed by atoms with E-state index in [-0.39, 0.29) is 17.6 Å². The van der Waals surface area contributed by atoms with Crippen molar-refractivity contribution in [3.8, 4) is 0 Å². The number of halogens is 1. The van der Waals surface area contributed by atoms with Crippen LogP contribution < -0.4 is 11.1 Å². The summed E-state index contributed by atoms with van der Waals surface area (Å²) in [5.74, 6) is -0.784. The summed E-state index contributed by atoms with van der Waals surface area (Å²) >= 11 is 0. The van der Waals surface area contributed by atoms with Gasteiger partial charge in [0.2, 0.25) is 0 Å². The molecule has 0 heterocycles. The summed E-state index contributed by atoms with van der Waals surface area (Å²) in [5.41, 5.74) is 7.11. The number of oxime groups is 1. The maximum atomic E-state index is 13.4. The van der Waals surface area contributed by atoms with Gasteiger partial charge < -0.3 is 16.3 Å². The van der Waals surface area contributed by atoms with Gasteiger partial charge in [0.05, 0.1) is 0 Å². The number of amides is 1. The molecule has 0 aliphatic rings. The molecule has 0 unspecified atom stereocenters. The van der Waals surface area contributed by atoms with Gasteiger partial charge in [-0.3, -0.25) is 4.79 Å². The number of nitrogens with zero attached hydrogens (tertiary/aromatic N) is 1. The fourth-order valence-corrected chi connectivity index (χ4v) is 1.79. The minimum atomic E-state index is -0.380. The van der Waals surface area contributed by atoms with E-state index >= 15 is 0 Å². The standard InChI is InChI=1S/C15H14FN3O2/c1-9-12(16)3-2-4-13(9)18-15(20)11-7-5-10(6-8-11)14(17)19-21/h2-8,21H,1H3,(H2,17,19)(H,18,20). The summed E-state index contributed by atoms with van der Waals surface area (Å²) in [4.78, 5) is 12.1. The molecule has 5 nitrogen and oxygen atoms in total. The molecule has 0 saturated carbocycles. The smallest absolute Gasteiger partial charge is 0.255 e. The average molecular weight is 287 g/mol. The first-order chi connectivity index (χ1) is 10.0. The summed E-state index contributed by atoms with van der Waals surface area (Å²) in [5, 5.41) is 14.1. The Labute approximate surface area is 120 Å². The SMILES string of the molecule is Cc1c(F)cccc1NC(=O)c1ccc(C(N)=NO)cc1. The predicted octanol–water partition coefficient (Wildman–Crippen LogP) is 2.48. The molecule has 0 aromatic heterocycles. The lowest BCUT2D eigenvalue weighted by atomic mass is 10.1. The van der Waals surface area contributed by atoms with Crippen LogP contribution in [0.1, 0.15) is 21.5 Å².